The van der Waals surface area contributed by atoms with Gasteiger partial charge in [-0.1, -0.05) is 13.0 Å². The molecule has 5 nitrogen and oxygen atoms in total. The Morgan fingerprint density at radius 3 is 2.71 bits per heavy atom. The highest BCUT2D eigenvalue weighted by Gasteiger charge is 2.29. The molecule has 1 heterocycles. The maximum atomic E-state index is 11.1. The summed E-state index contributed by atoms with van der Waals surface area (Å²) in [5.74, 6) is -0.299. The minimum absolute atomic E-state index is 0.466. The molecule has 0 aliphatic carbocycles. The van der Waals surface area contributed by atoms with Gasteiger partial charge in [0.1, 0.15) is 5.54 Å². The Morgan fingerprint density at radius 1 is 1.59 bits per heavy atom. The minimum atomic E-state index is -0.903. The molecule has 0 amide bonds. The summed E-state index contributed by atoms with van der Waals surface area (Å²) in [6.45, 7) is 3.98. The molecule has 1 aromatic heterocycles. The number of hydrogen-bond donors (Lipinski definition) is 2. The number of rotatable bonds is 6. The lowest BCUT2D eigenvalue weighted by atomic mass is 9.99. The number of hydrogen-bond acceptors (Lipinski definition) is 4. The Balaban J connectivity index is 2.63. The van der Waals surface area contributed by atoms with Crippen molar-refractivity contribution in [2.75, 3.05) is 7.11 Å². The van der Waals surface area contributed by atoms with Crippen molar-refractivity contribution in [1.82, 2.24) is 10.3 Å². The maximum Gasteiger partial charge on any atom is 0.323 e. The van der Waals surface area contributed by atoms with E-state index in [1.807, 2.05) is 13.0 Å². The Bertz CT molecular complexity index is 378. The highest BCUT2D eigenvalue weighted by atomic mass is 16.5. The first kappa shape index (κ1) is 13.4. The molecular formula is C12H18N2O3. The molecule has 0 saturated carbocycles. The molecular weight excluding hydrogens is 220 g/mol. The first-order valence-electron chi connectivity index (χ1n) is 5.49. The van der Waals surface area contributed by atoms with Crippen molar-refractivity contribution in [3.05, 3.63) is 23.9 Å². The molecule has 1 unspecified atom stereocenters. The molecule has 0 radical (unpaired) electrons. The molecule has 5 heteroatoms. The van der Waals surface area contributed by atoms with Crippen molar-refractivity contribution in [1.29, 1.82) is 0 Å². The van der Waals surface area contributed by atoms with Gasteiger partial charge >= 0.3 is 5.97 Å². The number of aliphatic carboxylic acids is 1. The Hall–Kier alpha value is -1.62. The van der Waals surface area contributed by atoms with Crippen LogP contribution in [-0.4, -0.2) is 28.7 Å². The van der Waals surface area contributed by atoms with Crippen LogP contribution in [0.1, 0.15) is 25.8 Å². The van der Waals surface area contributed by atoms with Crippen molar-refractivity contribution >= 4 is 5.97 Å². The summed E-state index contributed by atoms with van der Waals surface area (Å²) in [5, 5.41) is 12.1. The molecule has 0 aliphatic rings. The first-order chi connectivity index (χ1) is 8.01. The summed E-state index contributed by atoms with van der Waals surface area (Å²) in [7, 11) is 1.55. The second kappa shape index (κ2) is 5.63. The topological polar surface area (TPSA) is 71.5 Å². The van der Waals surface area contributed by atoms with Gasteiger partial charge in [0.2, 0.25) is 5.88 Å². The van der Waals surface area contributed by atoms with Crippen molar-refractivity contribution in [2.45, 2.75) is 32.4 Å². The van der Waals surface area contributed by atoms with Crippen LogP contribution < -0.4 is 10.1 Å². The summed E-state index contributed by atoms with van der Waals surface area (Å²) < 4.78 is 4.95. The number of carboxylic acids is 1. The van der Waals surface area contributed by atoms with E-state index in [0.717, 1.165) is 5.56 Å². The summed E-state index contributed by atoms with van der Waals surface area (Å²) in [6.07, 6.45) is 2.19. The molecule has 94 valence electrons. The fourth-order valence-corrected chi connectivity index (χ4v) is 1.29. The van der Waals surface area contributed by atoms with E-state index in [2.05, 4.69) is 10.3 Å². The van der Waals surface area contributed by atoms with Gasteiger partial charge in [0, 0.05) is 18.8 Å². The average molecular weight is 238 g/mol. The van der Waals surface area contributed by atoms with Crippen LogP contribution in [0, 0.1) is 0 Å². The van der Waals surface area contributed by atoms with E-state index in [1.54, 1.807) is 26.3 Å². The van der Waals surface area contributed by atoms with Crippen molar-refractivity contribution in [2.24, 2.45) is 0 Å². The van der Waals surface area contributed by atoms with Gasteiger partial charge in [-0.25, -0.2) is 4.98 Å². The smallest absolute Gasteiger partial charge is 0.323 e. The fourth-order valence-electron chi connectivity index (χ4n) is 1.29. The van der Waals surface area contributed by atoms with E-state index >= 15 is 0 Å². The van der Waals surface area contributed by atoms with Crippen LogP contribution in [0.2, 0.25) is 0 Å². The number of aromatic nitrogens is 1. The number of pyridine rings is 1. The zero-order chi connectivity index (χ0) is 12.9. The molecule has 0 aromatic carbocycles. The molecule has 0 spiro atoms. The molecule has 1 rings (SSSR count). The van der Waals surface area contributed by atoms with E-state index in [4.69, 9.17) is 9.84 Å². The predicted octanol–water partition coefficient (Wildman–Crippen LogP) is 1.43. The van der Waals surface area contributed by atoms with Gasteiger partial charge in [0.15, 0.2) is 0 Å². The van der Waals surface area contributed by atoms with Crippen LogP contribution in [0.4, 0.5) is 0 Å². The Morgan fingerprint density at radius 2 is 2.29 bits per heavy atom. The largest absolute Gasteiger partial charge is 0.481 e. The van der Waals surface area contributed by atoms with Crippen LogP contribution >= 0.6 is 0 Å². The molecule has 0 saturated heterocycles. The Labute approximate surface area is 101 Å². The van der Waals surface area contributed by atoms with Gasteiger partial charge in [0.05, 0.1) is 7.11 Å². The molecule has 0 bridgehead atoms. The fraction of sp³-hybridized carbons (Fsp3) is 0.500. The number of carboxylic acid groups (broad SMARTS) is 1. The normalized spacial score (nSPS) is 14.1. The SMILES string of the molecule is CCC(C)(NCc1ccc(OC)nc1)C(=O)O. The second-order valence-electron chi connectivity index (χ2n) is 4.05. The van der Waals surface area contributed by atoms with Crippen LogP contribution in [0.15, 0.2) is 18.3 Å². The third-order valence-electron chi connectivity index (χ3n) is 2.87. The maximum absolute atomic E-state index is 11.1. The zero-order valence-corrected chi connectivity index (χ0v) is 10.4. The van der Waals surface area contributed by atoms with Gasteiger partial charge in [-0.05, 0) is 18.9 Å². The highest BCUT2D eigenvalue weighted by Crippen LogP contribution is 2.12. The van der Waals surface area contributed by atoms with E-state index in [1.165, 1.54) is 0 Å². The summed E-state index contributed by atoms with van der Waals surface area (Å²) >= 11 is 0. The summed E-state index contributed by atoms with van der Waals surface area (Å²) in [5.41, 5.74) is 0.0200. The van der Waals surface area contributed by atoms with Crippen LogP contribution in [0.3, 0.4) is 0 Å². The van der Waals surface area contributed by atoms with Crippen molar-refractivity contribution in [3.8, 4) is 5.88 Å². The van der Waals surface area contributed by atoms with Gasteiger partial charge in [-0.3, -0.25) is 10.1 Å². The molecule has 1 aromatic rings. The summed E-state index contributed by atoms with van der Waals surface area (Å²) in [6, 6.07) is 3.61. The number of nitrogens with zero attached hydrogens (tertiary/aromatic N) is 1. The van der Waals surface area contributed by atoms with Gasteiger partial charge in [0.25, 0.3) is 0 Å². The molecule has 0 fully saturated rings. The summed E-state index contributed by atoms with van der Waals surface area (Å²) in [4.78, 5) is 15.1. The molecule has 17 heavy (non-hydrogen) atoms. The van der Waals surface area contributed by atoms with Gasteiger partial charge in [-0.15, -0.1) is 0 Å². The van der Waals surface area contributed by atoms with E-state index in [-0.39, 0.29) is 0 Å². The van der Waals surface area contributed by atoms with Crippen molar-refractivity contribution < 1.29 is 14.6 Å². The van der Waals surface area contributed by atoms with Crippen molar-refractivity contribution in [3.63, 3.8) is 0 Å². The quantitative estimate of drug-likeness (QED) is 0.784. The first-order valence-corrected chi connectivity index (χ1v) is 5.49. The monoisotopic (exact) mass is 238 g/mol. The number of carbonyl (C=O) groups is 1. The minimum Gasteiger partial charge on any atom is -0.481 e. The lowest BCUT2D eigenvalue weighted by Gasteiger charge is -2.24. The third-order valence-corrected chi connectivity index (χ3v) is 2.87. The number of nitrogens with one attached hydrogen (secondary N) is 1. The number of methoxy groups -OCH3 is 1. The lowest BCUT2D eigenvalue weighted by Crippen LogP contribution is -2.48. The van der Waals surface area contributed by atoms with E-state index < -0.39 is 11.5 Å². The van der Waals surface area contributed by atoms with Gasteiger partial charge in [-0.2, -0.15) is 0 Å². The predicted molar refractivity (Wildman–Crippen MR) is 64.0 cm³/mol. The lowest BCUT2D eigenvalue weighted by molar-refractivity contribution is -0.144. The van der Waals surface area contributed by atoms with Gasteiger partial charge < -0.3 is 9.84 Å². The molecule has 1 atom stereocenters. The molecule has 2 N–H and O–H groups in total. The zero-order valence-electron chi connectivity index (χ0n) is 10.4. The average Bonchev–Trinajstić information content (AvgIpc) is 2.36. The standard InChI is InChI=1S/C12H18N2O3/c1-4-12(2,11(15)16)14-8-9-5-6-10(17-3)13-7-9/h5-7,14H,4,8H2,1-3H3,(H,15,16). The second-order valence-corrected chi connectivity index (χ2v) is 4.05. The van der Waals surface area contributed by atoms with E-state index in [9.17, 15) is 4.79 Å². The van der Waals surface area contributed by atoms with Crippen LogP contribution in [-0.2, 0) is 11.3 Å². The van der Waals surface area contributed by atoms with E-state index in [0.29, 0.717) is 18.8 Å². The third kappa shape index (κ3) is 3.42. The molecule has 0 aliphatic heterocycles. The van der Waals surface area contributed by atoms with Crippen LogP contribution in [0.5, 0.6) is 5.88 Å². The van der Waals surface area contributed by atoms with Crippen LogP contribution in [0.25, 0.3) is 0 Å². The highest BCUT2D eigenvalue weighted by molar-refractivity contribution is 5.78. The number of ether oxygens (including phenoxy) is 1. The Kier molecular flexibility index (Phi) is 4.45.